The van der Waals surface area contributed by atoms with Gasteiger partial charge < -0.3 is 10.1 Å². The molecule has 0 rings (SSSR count). The fraction of sp³-hybridized carbons (Fsp3) is 1.00. The van der Waals surface area contributed by atoms with Crippen molar-refractivity contribution in [1.29, 1.82) is 0 Å². The second-order valence-electron chi connectivity index (χ2n) is 3.60. The van der Waals surface area contributed by atoms with Gasteiger partial charge in [0.15, 0.2) is 0 Å². The summed E-state index contributed by atoms with van der Waals surface area (Å²) in [6.07, 6.45) is 1.67. The molecule has 0 aliphatic carbocycles. The minimum absolute atomic E-state index is 0.238. The van der Waals surface area contributed by atoms with Crippen LogP contribution in [-0.4, -0.2) is 46.2 Å². The summed E-state index contributed by atoms with van der Waals surface area (Å²) in [5.74, 6) is 0.516. The minimum Gasteiger partial charge on any atom is -0.383 e. The van der Waals surface area contributed by atoms with Gasteiger partial charge in [0.2, 0.25) is 0 Å². The van der Waals surface area contributed by atoms with Crippen molar-refractivity contribution in [1.82, 2.24) is 5.32 Å². The zero-order valence-electron chi connectivity index (χ0n) is 9.95. The molecule has 0 aliphatic rings. The Balaban J connectivity index is 3.61. The highest BCUT2D eigenvalue weighted by atomic mass is 32.2. The summed E-state index contributed by atoms with van der Waals surface area (Å²) in [4.78, 5) is 0. The Labute approximate surface area is 93.3 Å². The van der Waals surface area contributed by atoms with Crippen molar-refractivity contribution in [2.75, 3.05) is 31.8 Å². The second kappa shape index (κ2) is 8.07. The number of ether oxygens (including phenoxy) is 1. The maximum Gasteiger partial charge on any atom is 0.150 e. The molecule has 0 fully saturated rings. The summed E-state index contributed by atoms with van der Waals surface area (Å²) < 4.78 is 27.4. The van der Waals surface area contributed by atoms with Crippen molar-refractivity contribution in [3.05, 3.63) is 0 Å². The standard InChI is InChI=1S/C10H23NO3S/c1-4-10(9-14-3)11-7-6-8-15(12,13)5-2/h10-11H,4-9H2,1-3H3. The maximum absolute atomic E-state index is 11.2. The molecule has 1 atom stereocenters. The molecule has 92 valence electrons. The van der Waals surface area contributed by atoms with Gasteiger partial charge in [-0.15, -0.1) is 0 Å². The summed E-state index contributed by atoms with van der Waals surface area (Å²) in [5, 5.41) is 3.28. The first-order valence-corrected chi connectivity index (χ1v) is 7.30. The first-order chi connectivity index (χ1) is 7.05. The van der Waals surface area contributed by atoms with Gasteiger partial charge in [-0.25, -0.2) is 8.42 Å². The van der Waals surface area contributed by atoms with Gasteiger partial charge in [-0.3, -0.25) is 0 Å². The van der Waals surface area contributed by atoms with Crippen molar-refractivity contribution in [3.63, 3.8) is 0 Å². The summed E-state index contributed by atoms with van der Waals surface area (Å²) in [7, 11) is -1.14. The molecule has 1 unspecified atom stereocenters. The number of rotatable bonds is 9. The van der Waals surface area contributed by atoms with Crippen molar-refractivity contribution in [3.8, 4) is 0 Å². The molecule has 1 N–H and O–H groups in total. The SMILES string of the molecule is CCC(COC)NCCCS(=O)(=O)CC. The Hall–Kier alpha value is -0.130. The van der Waals surface area contributed by atoms with E-state index in [1.807, 2.05) is 0 Å². The molecule has 5 heteroatoms. The van der Waals surface area contributed by atoms with Gasteiger partial charge in [0.05, 0.1) is 12.4 Å². The number of hydrogen-bond donors (Lipinski definition) is 1. The third kappa shape index (κ3) is 7.76. The summed E-state index contributed by atoms with van der Waals surface area (Å²) in [6.45, 7) is 5.18. The lowest BCUT2D eigenvalue weighted by Crippen LogP contribution is -2.34. The van der Waals surface area contributed by atoms with Crippen LogP contribution in [0.4, 0.5) is 0 Å². The lowest BCUT2D eigenvalue weighted by Gasteiger charge is -2.15. The summed E-state index contributed by atoms with van der Waals surface area (Å²) in [6, 6.07) is 0.333. The molecular formula is C10H23NO3S. The van der Waals surface area contributed by atoms with E-state index in [9.17, 15) is 8.42 Å². The summed E-state index contributed by atoms with van der Waals surface area (Å²) >= 11 is 0. The predicted molar refractivity (Wildman–Crippen MR) is 62.9 cm³/mol. The lowest BCUT2D eigenvalue weighted by molar-refractivity contribution is 0.164. The maximum atomic E-state index is 11.2. The van der Waals surface area contributed by atoms with Crippen molar-refractivity contribution in [2.24, 2.45) is 0 Å². The van der Waals surface area contributed by atoms with E-state index in [-0.39, 0.29) is 11.5 Å². The quantitative estimate of drug-likeness (QED) is 0.603. The minimum atomic E-state index is -2.81. The van der Waals surface area contributed by atoms with E-state index < -0.39 is 9.84 Å². The molecule has 0 aromatic carbocycles. The molecule has 4 nitrogen and oxygen atoms in total. The predicted octanol–water partition coefficient (Wildman–Crippen LogP) is 0.826. The zero-order valence-corrected chi connectivity index (χ0v) is 10.8. The Kier molecular flexibility index (Phi) is 8.00. The van der Waals surface area contributed by atoms with E-state index in [0.717, 1.165) is 13.0 Å². The van der Waals surface area contributed by atoms with Crippen molar-refractivity contribution < 1.29 is 13.2 Å². The van der Waals surface area contributed by atoms with E-state index in [4.69, 9.17) is 4.74 Å². The first-order valence-electron chi connectivity index (χ1n) is 5.48. The Morgan fingerprint density at radius 3 is 2.47 bits per heavy atom. The molecule has 0 heterocycles. The van der Waals surface area contributed by atoms with E-state index in [1.165, 1.54) is 0 Å². The van der Waals surface area contributed by atoms with Crippen LogP contribution in [0.5, 0.6) is 0 Å². The Morgan fingerprint density at radius 2 is 2.00 bits per heavy atom. The number of sulfone groups is 1. The van der Waals surface area contributed by atoms with Crippen LogP contribution in [0.2, 0.25) is 0 Å². The molecule has 0 spiro atoms. The third-order valence-electron chi connectivity index (χ3n) is 2.37. The smallest absolute Gasteiger partial charge is 0.150 e. The highest BCUT2D eigenvalue weighted by molar-refractivity contribution is 7.91. The Bertz CT molecular complexity index is 239. The normalized spacial score (nSPS) is 14.1. The van der Waals surface area contributed by atoms with Gasteiger partial charge >= 0.3 is 0 Å². The summed E-state index contributed by atoms with van der Waals surface area (Å²) in [5.41, 5.74) is 0. The fourth-order valence-corrected chi connectivity index (χ4v) is 2.14. The van der Waals surface area contributed by atoms with Crippen molar-refractivity contribution >= 4 is 9.84 Å². The molecule has 0 aromatic rings. The molecule has 0 aromatic heterocycles. The van der Waals surface area contributed by atoms with Crippen LogP contribution in [-0.2, 0) is 14.6 Å². The molecule has 15 heavy (non-hydrogen) atoms. The topological polar surface area (TPSA) is 55.4 Å². The van der Waals surface area contributed by atoms with E-state index >= 15 is 0 Å². The molecule has 0 saturated heterocycles. The zero-order chi connectivity index (χ0) is 11.7. The third-order valence-corrected chi connectivity index (χ3v) is 4.16. The van der Waals surface area contributed by atoms with Crippen LogP contribution >= 0.6 is 0 Å². The van der Waals surface area contributed by atoms with Crippen LogP contribution in [0.25, 0.3) is 0 Å². The second-order valence-corrected chi connectivity index (χ2v) is 6.08. The van der Waals surface area contributed by atoms with E-state index in [0.29, 0.717) is 19.1 Å². The monoisotopic (exact) mass is 237 g/mol. The first kappa shape index (κ1) is 14.9. The van der Waals surface area contributed by atoms with Gasteiger partial charge in [-0.05, 0) is 19.4 Å². The van der Waals surface area contributed by atoms with E-state index in [1.54, 1.807) is 14.0 Å². The van der Waals surface area contributed by atoms with Crippen LogP contribution in [0, 0.1) is 0 Å². The van der Waals surface area contributed by atoms with E-state index in [2.05, 4.69) is 12.2 Å². The molecular weight excluding hydrogens is 214 g/mol. The molecule has 0 bridgehead atoms. The molecule has 0 radical (unpaired) electrons. The Morgan fingerprint density at radius 1 is 1.33 bits per heavy atom. The average Bonchev–Trinajstić information content (AvgIpc) is 2.22. The molecule has 0 amide bonds. The highest BCUT2D eigenvalue weighted by Crippen LogP contribution is 1.95. The molecule has 0 saturated carbocycles. The number of hydrogen-bond acceptors (Lipinski definition) is 4. The van der Waals surface area contributed by atoms with Crippen LogP contribution < -0.4 is 5.32 Å². The molecule has 0 aliphatic heterocycles. The van der Waals surface area contributed by atoms with Gasteiger partial charge in [-0.2, -0.15) is 0 Å². The largest absolute Gasteiger partial charge is 0.383 e. The fourth-order valence-electron chi connectivity index (χ4n) is 1.26. The number of nitrogens with one attached hydrogen (secondary N) is 1. The van der Waals surface area contributed by atoms with Crippen LogP contribution in [0.1, 0.15) is 26.7 Å². The van der Waals surface area contributed by atoms with Crippen LogP contribution in [0.3, 0.4) is 0 Å². The van der Waals surface area contributed by atoms with Gasteiger partial charge in [-0.1, -0.05) is 13.8 Å². The number of methoxy groups -OCH3 is 1. The average molecular weight is 237 g/mol. The van der Waals surface area contributed by atoms with Gasteiger partial charge in [0.25, 0.3) is 0 Å². The van der Waals surface area contributed by atoms with Crippen LogP contribution in [0.15, 0.2) is 0 Å². The lowest BCUT2D eigenvalue weighted by atomic mass is 10.2. The highest BCUT2D eigenvalue weighted by Gasteiger charge is 2.08. The van der Waals surface area contributed by atoms with Gasteiger partial charge in [0.1, 0.15) is 9.84 Å². The van der Waals surface area contributed by atoms with Gasteiger partial charge in [0, 0.05) is 18.9 Å². The van der Waals surface area contributed by atoms with Crippen molar-refractivity contribution in [2.45, 2.75) is 32.7 Å².